The van der Waals surface area contributed by atoms with E-state index in [9.17, 15) is 0 Å². The highest BCUT2D eigenvalue weighted by molar-refractivity contribution is 7.20. The van der Waals surface area contributed by atoms with E-state index < -0.39 is 26.2 Å². The van der Waals surface area contributed by atoms with Gasteiger partial charge in [-0.25, -0.2) is 0 Å². The van der Waals surface area contributed by atoms with Gasteiger partial charge < -0.3 is 19.3 Å². The highest BCUT2D eigenvalue weighted by Crippen LogP contribution is 2.11. The smallest absolute Gasteiger partial charge is 0.186 e. The van der Waals surface area contributed by atoms with Crippen LogP contribution in [0.25, 0.3) is 0 Å². The first-order valence-electron chi connectivity index (χ1n) is 6.11. The van der Waals surface area contributed by atoms with Gasteiger partial charge in [-0.15, -0.1) is 0 Å². The van der Waals surface area contributed by atoms with E-state index in [1.807, 2.05) is 0 Å². The zero-order chi connectivity index (χ0) is 12.4. The summed E-state index contributed by atoms with van der Waals surface area (Å²) in [4.78, 5) is 0. The number of hydrogen-bond donors (Lipinski definition) is 2. The number of hydrogen-bond acceptors (Lipinski definition) is 4. The molecule has 8 heteroatoms. The summed E-state index contributed by atoms with van der Waals surface area (Å²) in [6.45, 7) is 9.56. The van der Waals surface area contributed by atoms with Gasteiger partial charge >= 0.3 is 0 Å². The zero-order valence-electron chi connectivity index (χ0n) is 11.2. The Kier molecular flexibility index (Phi) is 10.1. The molecule has 0 aromatic rings. The fourth-order valence-corrected chi connectivity index (χ4v) is 14.9. The summed E-state index contributed by atoms with van der Waals surface area (Å²) in [5.41, 5.74) is 5.42. The van der Waals surface area contributed by atoms with Crippen molar-refractivity contribution in [2.24, 2.45) is 5.73 Å². The third-order valence-corrected chi connectivity index (χ3v) is 18.9. The monoisotopic (exact) mass is 296 g/mol. The Balaban J connectivity index is 3.69. The summed E-state index contributed by atoms with van der Waals surface area (Å²) in [5.74, 6) is 0. The van der Waals surface area contributed by atoms with Gasteiger partial charge in [0.2, 0.25) is 0 Å². The fourth-order valence-electron chi connectivity index (χ4n) is 1.39. The average Bonchev–Trinajstić information content (AvgIpc) is 2.26. The molecule has 0 bridgehead atoms. The normalized spacial score (nSPS) is 16.3. The van der Waals surface area contributed by atoms with Crippen molar-refractivity contribution in [3.05, 3.63) is 0 Å². The van der Waals surface area contributed by atoms with Crippen LogP contribution in [0.2, 0.25) is 25.7 Å². The van der Waals surface area contributed by atoms with Crippen molar-refractivity contribution in [3.63, 3.8) is 0 Å². The maximum atomic E-state index is 5.97. The standard InChI is InChI=1S/C8H28N2O2Si4/c1-15(2)12-14-16(3,11-13)8-4-6-10-7-5-9/h10,15H,4-9,14H2,1-3,13H3. The molecule has 0 saturated heterocycles. The van der Waals surface area contributed by atoms with Crippen LogP contribution in [0.4, 0.5) is 0 Å². The molecule has 0 spiro atoms. The van der Waals surface area contributed by atoms with Gasteiger partial charge in [0.25, 0.3) is 0 Å². The first kappa shape index (κ1) is 16.7. The van der Waals surface area contributed by atoms with Gasteiger partial charge in [0.15, 0.2) is 26.2 Å². The number of nitrogens with two attached hydrogens (primary N) is 1. The van der Waals surface area contributed by atoms with Crippen molar-refractivity contribution in [1.82, 2.24) is 5.32 Å². The fraction of sp³-hybridized carbons (Fsp3) is 1.00. The van der Waals surface area contributed by atoms with Crippen molar-refractivity contribution in [2.75, 3.05) is 19.6 Å². The number of rotatable bonds is 10. The first-order valence-corrected chi connectivity index (χ1v) is 15.2. The molecule has 0 saturated carbocycles. The molecule has 0 aliphatic carbocycles. The second-order valence-corrected chi connectivity index (χ2v) is 18.8. The molecule has 1 unspecified atom stereocenters. The summed E-state index contributed by atoms with van der Waals surface area (Å²) in [7, 11) is -1.77. The Morgan fingerprint density at radius 3 is 2.62 bits per heavy atom. The molecule has 0 heterocycles. The van der Waals surface area contributed by atoms with E-state index in [2.05, 4.69) is 25.0 Å². The lowest BCUT2D eigenvalue weighted by molar-refractivity contribution is 0.577. The predicted molar refractivity (Wildman–Crippen MR) is 82.5 cm³/mol. The Bertz CT molecular complexity index is 176. The lowest BCUT2D eigenvalue weighted by Crippen LogP contribution is -2.45. The Hall–Kier alpha value is 0.708. The van der Waals surface area contributed by atoms with E-state index in [0.29, 0.717) is 0 Å². The Morgan fingerprint density at radius 2 is 2.12 bits per heavy atom. The molecule has 0 fully saturated rings. The summed E-state index contributed by atoms with van der Waals surface area (Å²) in [6, 6.07) is 1.25. The van der Waals surface area contributed by atoms with Crippen molar-refractivity contribution in [1.29, 1.82) is 0 Å². The van der Waals surface area contributed by atoms with Crippen LogP contribution < -0.4 is 11.1 Å². The molecule has 16 heavy (non-hydrogen) atoms. The van der Waals surface area contributed by atoms with Crippen molar-refractivity contribution >= 4 is 36.6 Å². The lowest BCUT2D eigenvalue weighted by Gasteiger charge is -2.26. The lowest BCUT2D eigenvalue weighted by atomic mass is 10.5. The van der Waals surface area contributed by atoms with Gasteiger partial charge in [-0.05, 0) is 38.7 Å². The topological polar surface area (TPSA) is 56.5 Å². The first-order chi connectivity index (χ1) is 7.54. The average molecular weight is 297 g/mol. The van der Waals surface area contributed by atoms with E-state index in [4.69, 9.17) is 14.0 Å². The third kappa shape index (κ3) is 8.81. The molecule has 0 amide bonds. The van der Waals surface area contributed by atoms with Crippen LogP contribution in [0.15, 0.2) is 0 Å². The molecule has 98 valence electrons. The molecule has 4 nitrogen and oxygen atoms in total. The van der Waals surface area contributed by atoms with Gasteiger partial charge in [-0.1, -0.05) is 0 Å². The van der Waals surface area contributed by atoms with Gasteiger partial charge in [-0.3, -0.25) is 0 Å². The van der Waals surface area contributed by atoms with E-state index in [0.717, 1.165) is 30.1 Å². The summed E-state index contributed by atoms with van der Waals surface area (Å²) < 4.78 is 11.9. The molecule has 0 radical (unpaired) electrons. The van der Waals surface area contributed by atoms with E-state index in [1.54, 1.807) is 0 Å². The van der Waals surface area contributed by atoms with Gasteiger partial charge in [0, 0.05) is 13.1 Å². The van der Waals surface area contributed by atoms with Gasteiger partial charge in [-0.2, -0.15) is 0 Å². The summed E-state index contributed by atoms with van der Waals surface area (Å²) in [5, 5.41) is 3.33. The minimum atomic E-state index is -1.40. The van der Waals surface area contributed by atoms with Crippen LogP contribution in [0.5, 0.6) is 0 Å². The highest BCUT2D eigenvalue weighted by atomic mass is 29.2. The minimum absolute atomic E-state index is 0.397. The molecule has 0 aromatic heterocycles. The molecule has 1 atom stereocenters. The van der Waals surface area contributed by atoms with Crippen LogP contribution >= 0.6 is 0 Å². The van der Waals surface area contributed by atoms with Crippen molar-refractivity contribution in [3.8, 4) is 0 Å². The van der Waals surface area contributed by atoms with Crippen LogP contribution in [-0.4, -0.2) is 56.3 Å². The maximum absolute atomic E-state index is 5.97. The van der Waals surface area contributed by atoms with Crippen LogP contribution in [0.3, 0.4) is 0 Å². The molecule has 0 aliphatic heterocycles. The van der Waals surface area contributed by atoms with Crippen molar-refractivity contribution < 1.29 is 8.23 Å². The van der Waals surface area contributed by atoms with Gasteiger partial charge in [0.1, 0.15) is 10.5 Å². The van der Waals surface area contributed by atoms with Gasteiger partial charge in [0.05, 0.1) is 0 Å². The van der Waals surface area contributed by atoms with Crippen molar-refractivity contribution in [2.45, 2.75) is 32.1 Å². The number of nitrogens with one attached hydrogen (secondary N) is 1. The molecule has 0 aromatic carbocycles. The SMILES string of the molecule is C[SiH](C)O[SiH2][Si](C)(CCCNCCN)O[SiH3]. The predicted octanol–water partition coefficient (Wildman–Crippen LogP) is -1.62. The molecule has 0 rings (SSSR count). The van der Waals surface area contributed by atoms with Crippen LogP contribution in [0, 0.1) is 0 Å². The van der Waals surface area contributed by atoms with E-state index in [1.165, 1.54) is 12.5 Å². The minimum Gasteiger partial charge on any atom is -0.464 e. The van der Waals surface area contributed by atoms with E-state index >= 15 is 0 Å². The third-order valence-electron chi connectivity index (χ3n) is 2.60. The molecule has 0 aliphatic rings. The quantitative estimate of drug-likeness (QED) is 0.376. The van der Waals surface area contributed by atoms with Crippen LogP contribution in [0.1, 0.15) is 6.42 Å². The summed E-state index contributed by atoms with van der Waals surface area (Å²) >= 11 is 0. The van der Waals surface area contributed by atoms with E-state index in [-0.39, 0.29) is 0 Å². The summed E-state index contributed by atoms with van der Waals surface area (Å²) in [6.07, 6.45) is 1.21. The largest absolute Gasteiger partial charge is 0.464 e. The second kappa shape index (κ2) is 9.71. The Morgan fingerprint density at radius 1 is 1.44 bits per heavy atom. The molecular weight excluding hydrogens is 268 g/mol. The molecular formula is C8H28N2O2Si4. The highest BCUT2D eigenvalue weighted by Gasteiger charge is 2.27. The molecule has 3 N–H and O–H groups in total. The zero-order valence-corrected chi connectivity index (χ0v) is 16.8. The Labute approximate surface area is 108 Å². The maximum Gasteiger partial charge on any atom is 0.186 e. The second-order valence-electron chi connectivity index (χ2n) is 4.66. The van der Waals surface area contributed by atoms with Crippen LogP contribution in [-0.2, 0) is 8.23 Å².